The third-order valence-electron chi connectivity index (χ3n) is 2.33. The number of hydrogen-bond donors (Lipinski definition) is 1. The summed E-state index contributed by atoms with van der Waals surface area (Å²) in [6.07, 6.45) is 4.38. The Labute approximate surface area is 74.8 Å². The zero-order valence-electron chi connectivity index (χ0n) is 7.06. The SMILES string of the molecule is O=C(O)c1nnc(C2CCCC2)o1. The Hall–Kier alpha value is -1.39. The molecule has 1 heterocycles. The van der Waals surface area contributed by atoms with Gasteiger partial charge in [-0.15, -0.1) is 10.2 Å². The van der Waals surface area contributed by atoms with Crippen molar-refractivity contribution in [2.45, 2.75) is 31.6 Å². The van der Waals surface area contributed by atoms with Crippen LogP contribution in [0.4, 0.5) is 0 Å². The van der Waals surface area contributed by atoms with Gasteiger partial charge in [0.05, 0.1) is 0 Å². The van der Waals surface area contributed by atoms with Gasteiger partial charge in [0.2, 0.25) is 5.89 Å². The number of carboxylic acids is 1. The molecule has 2 rings (SSSR count). The highest BCUT2D eigenvalue weighted by atomic mass is 16.4. The number of aromatic nitrogens is 2. The van der Waals surface area contributed by atoms with Crippen molar-refractivity contribution in [2.75, 3.05) is 0 Å². The van der Waals surface area contributed by atoms with Crippen LogP contribution in [0.25, 0.3) is 0 Å². The van der Waals surface area contributed by atoms with Crippen molar-refractivity contribution in [3.63, 3.8) is 0 Å². The molecule has 0 amide bonds. The van der Waals surface area contributed by atoms with E-state index in [0.717, 1.165) is 25.7 Å². The van der Waals surface area contributed by atoms with Crippen LogP contribution in [-0.4, -0.2) is 21.3 Å². The molecular formula is C8H10N2O3. The van der Waals surface area contributed by atoms with Crippen molar-refractivity contribution in [1.82, 2.24) is 10.2 Å². The first kappa shape index (κ1) is 8.22. The van der Waals surface area contributed by atoms with E-state index in [9.17, 15) is 4.79 Å². The van der Waals surface area contributed by atoms with E-state index in [1.54, 1.807) is 0 Å². The zero-order valence-corrected chi connectivity index (χ0v) is 7.06. The molecule has 70 valence electrons. The molecule has 5 heteroatoms. The highest BCUT2D eigenvalue weighted by Crippen LogP contribution is 2.32. The van der Waals surface area contributed by atoms with Gasteiger partial charge in [-0.05, 0) is 12.8 Å². The second kappa shape index (κ2) is 3.16. The second-order valence-electron chi connectivity index (χ2n) is 3.23. The van der Waals surface area contributed by atoms with Gasteiger partial charge >= 0.3 is 11.9 Å². The first-order chi connectivity index (χ1) is 6.27. The van der Waals surface area contributed by atoms with Gasteiger partial charge in [-0.3, -0.25) is 0 Å². The van der Waals surface area contributed by atoms with E-state index in [4.69, 9.17) is 9.52 Å². The van der Waals surface area contributed by atoms with Crippen LogP contribution in [0.3, 0.4) is 0 Å². The van der Waals surface area contributed by atoms with Crippen molar-refractivity contribution in [3.05, 3.63) is 11.8 Å². The molecule has 1 saturated carbocycles. The standard InChI is InChI=1S/C8H10N2O3/c11-8(12)7-10-9-6(13-7)5-3-1-2-4-5/h5H,1-4H2,(H,11,12). The molecule has 0 radical (unpaired) electrons. The molecule has 0 aromatic carbocycles. The lowest BCUT2D eigenvalue weighted by Crippen LogP contribution is -1.95. The lowest BCUT2D eigenvalue weighted by molar-refractivity contribution is 0.0651. The van der Waals surface area contributed by atoms with E-state index in [2.05, 4.69) is 10.2 Å². The van der Waals surface area contributed by atoms with E-state index >= 15 is 0 Å². The summed E-state index contributed by atoms with van der Waals surface area (Å²) in [7, 11) is 0. The molecule has 13 heavy (non-hydrogen) atoms. The minimum atomic E-state index is -1.16. The van der Waals surface area contributed by atoms with Crippen LogP contribution >= 0.6 is 0 Å². The summed E-state index contributed by atoms with van der Waals surface area (Å²) >= 11 is 0. The van der Waals surface area contributed by atoms with E-state index in [1.807, 2.05) is 0 Å². The highest BCUT2D eigenvalue weighted by Gasteiger charge is 2.24. The normalized spacial score (nSPS) is 17.8. The first-order valence-electron chi connectivity index (χ1n) is 4.34. The molecule has 0 saturated heterocycles. The van der Waals surface area contributed by atoms with Crippen LogP contribution in [0.5, 0.6) is 0 Å². The van der Waals surface area contributed by atoms with E-state index in [0.29, 0.717) is 5.89 Å². The van der Waals surface area contributed by atoms with Crippen molar-refractivity contribution in [3.8, 4) is 0 Å². The Bertz CT molecular complexity index is 315. The molecule has 1 aliphatic rings. The molecule has 0 atom stereocenters. The molecule has 0 aliphatic heterocycles. The number of nitrogens with zero attached hydrogens (tertiary/aromatic N) is 2. The summed E-state index contributed by atoms with van der Waals surface area (Å²) in [4.78, 5) is 10.4. The van der Waals surface area contributed by atoms with Gasteiger partial charge in [0.1, 0.15) is 0 Å². The molecule has 1 aromatic heterocycles. The summed E-state index contributed by atoms with van der Waals surface area (Å²) in [5, 5.41) is 15.7. The topological polar surface area (TPSA) is 76.2 Å². The van der Waals surface area contributed by atoms with Crippen LogP contribution < -0.4 is 0 Å². The van der Waals surface area contributed by atoms with Crippen LogP contribution in [-0.2, 0) is 0 Å². The fraction of sp³-hybridized carbons (Fsp3) is 0.625. The van der Waals surface area contributed by atoms with Crippen molar-refractivity contribution < 1.29 is 14.3 Å². The fourth-order valence-electron chi connectivity index (χ4n) is 1.66. The summed E-state index contributed by atoms with van der Waals surface area (Å²) in [5.74, 6) is -0.700. The van der Waals surface area contributed by atoms with Crippen LogP contribution in [0.15, 0.2) is 4.42 Å². The molecule has 0 unspecified atom stereocenters. The summed E-state index contributed by atoms with van der Waals surface area (Å²) in [6.45, 7) is 0. The Kier molecular flexibility index (Phi) is 2.00. The number of carboxylic acid groups (broad SMARTS) is 1. The van der Waals surface area contributed by atoms with Crippen LogP contribution in [0, 0.1) is 0 Å². The number of aromatic carboxylic acids is 1. The molecule has 1 aliphatic carbocycles. The van der Waals surface area contributed by atoms with Crippen LogP contribution in [0.1, 0.15) is 48.2 Å². The summed E-state index contributed by atoms with van der Waals surface area (Å²) < 4.78 is 5.01. The van der Waals surface area contributed by atoms with E-state index < -0.39 is 5.97 Å². The second-order valence-corrected chi connectivity index (χ2v) is 3.23. The van der Waals surface area contributed by atoms with Gasteiger partial charge in [0, 0.05) is 5.92 Å². The predicted molar refractivity (Wildman–Crippen MR) is 42.5 cm³/mol. The van der Waals surface area contributed by atoms with Gasteiger partial charge in [0.15, 0.2) is 0 Å². The highest BCUT2D eigenvalue weighted by molar-refractivity contribution is 5.81. The summed E-state index contributed by atoms with van der Waals surface area (Å²) in [5.41, 5.74) is 0. The first-order valence-corrected chi connectivity index (χ1v) is 4.34. The number of hydrogen-bond acceptors (Lipinski definition) is 4. The Morgan fingerprint density at radius 1 is 1.38 bits per heavy atom. The van der Waals surface area contributed by atoms with Crippen molar-refractivity contribution in [2.24, 2.45) is 0 Å². The average Bonchev–Trinajstić information content (AvgIpc) is 2.75. The Balaban J connectivity index is 2.16. The van der Waals surface area contributed by atoms with Gasteiger partial charge < -0.3 is 9.52 Å². The molecule has 0 bridgehead atoms. The maximum absolute atomic E-state index is 10.4. The van der Waals surface area contributed by atoms with Crippen molar-refractivity contribution in [1.29, 1.82) is 0 Å². The van der Waals surface area contributed by atoms with Gasteiger partial charge in [0.25, 0.3) is 0 Å². The third kappa shape index (κ3) is 1.54. The number of rotatable bonds is 2. The monoisotopic (exact) mass is 182 g/mol. The summed E-state index contributed by atoms with van der Waals surface area (Å²) in [6, 6.07) is 0. The smallest absolute Gasteiger partial charge is 0.393 e. The van der Waals surface area contributed by atoms with E-state index in [-0.39, 0.29) is 11.8 Å². The molecule has 1 N–H and O–H groups in total. The third-order valence-corrected chi connectivity index (χ3v) is 2.33. The fourth-order valence-corrected chi connectivity index (χ4v) is 1.66. The average molecular weight is 182 g/mol. The largest absolute Gasteiger partial charge is 0.474 e. The molecule has 5 nitrogen and oxygen atoms in total. The lowest BCUT2D eigenvalue weighted by Gasteiger charge is -1.99. The predicted octanol–water partition coefficient (Wildman–Crippen LogP) is 1.43. The molecule has 0 spiro atoms. The van der Waals surface area contributed by atoms with Crippen LogP contribution in [0.2, 0.25) is 0 Å². The van der Waals surface area contributed by atoms with Gasteiger partial charge in [-0.1, -0.05) is 12.8 Å². The Morgan fingerprint density at radius 3 is 2.62 bits per heavy atom. The lowest BCUT2D eigenvalue weighted by atomic mass is 10.1. The van der Waals surface area contributed by atoms with Crippen molar-refractivity contribution >= 4 is 5.97 Å². The molecule has 1 fully saturated rings. The Morgan fingerprint density at radius 2 is 2.08 bits per heavy atom. The quantitative estimate of drug-likeness (QED) is 0.748. The minimum Gasteiger partial charge on any atom is -0.474 e. The number of carbonyl (C=O) groups is 1. The van der Waals surface area contributed by atoms with E-state index in [1.165, 1.54) is 0 Å². The van der Waals surface area contributed by atoms with Gasteiger partial charge in [-0.25, -0.2) is 4.79 Å². The maximum atomic E-state index is 10.4. The molecular weight excluding hydrogens is 172 g/mol. The minimum absolute atomic E-state index is 0.278. The molecule has 1 aromatic rings. The zero-order chi connectivity index (χ0) is 9.26. The maximum Gasteiger partial charge on any atom is 0.393 e. The van der Waals surface area contributed by atoms with Gasteiger partial charge in [-0.2, -0.15) is 0 Å².